The molecule has 0 bridgehead atoms. The van der Waals surface area contributed by atoms with Gasteiger partial charge in [0.05, 0.1) is 4.92 Å². The van der Waals surface area contributed by atoms with Gasteiger partial charge in [-0.15, -0.1) is 0 Å². The number of fused-ring (bicyclic) bond motifs is 1. The molecule has 0 saturated heterocycles. The van der Waals surface area contributed by atoms with Crippen LogP contribution in [0.15, 0.2) is 42.5 Å². The van der Waals surface area contributed by atoms with E-state index in [4.69, 9.17) is 0 Å². The van der Waals surface area contributed by atoms with Crippen molar-refractivity contribution >= 4 is 11.4 Å². The molecule has 0 amide bonds. The second-order valence-corrected chi connectivity index (χ2v) is 8.01. The van der Waals surface area contributed by atoms with Crippen molar-refractivity contribution in [3.63, 3.8) is 0 Å². The molecule has 0 radical (unpaired) electrons. The zero-order valence-corrected chi connectivity index (χ0v) is 15.8. The van der Waals surface area contributed by atoms with Crippen molar-refractivity contribution in [3.8, 4) is 0 Å². The summed E-state index contributed by atoms with van der Waals surface area (Å²) in [5.41, 5.74) is 4.71. The van der Waals surface area contributed by atoms with Gasteiger partial charge in [-0.2, -0.15) is 0 Å². The molecule has 2 aliphatic rings. The average Bonchev–Trinajstić information content (AvgIpc) is 3.07. The van der Waals surface area contributed by atoms with Gasteiger partial charge in [0.2, 0.25) is 0 Å². The normalized spacial score (nSPS) is 22.4. The smallest absolute Gasteiger partial charge is 0.292 e. The first kappa shape index (κ1) is 18.0. The first-order valence-electron chi connectivity index (χ1n) is 9.93. The van der Waals surface area contributed by atoms with Crippen LogP contribution in [0.4, 0.5) is 11.4 Å². The second-order valence-electron chi connectivity index (χ2n) is 8.01. The summed E-state index contributed by atoms with van der Waals surface area (Å²) in [6.45, 7) is 1.88. The molecule has 0 atom stereocenters. The van der Waals surface area contributed by atoms with Gasteiger partial charge in [-0.25, -0.2) is 0 Å². The van der Waals surface area contributed by atoms with Crippen LogP contribution in [-0.4, -0.2) is 23.0 Å². The van der Waals surface area contributed by atoms with Crippen molar-refractivity contribution in [3.05, 3.63) is 69.3 Å². The Morgan fingerprint density at radius 2 is 1.56 bits per heavy atom. The number of benzene rings is 2. The molecule has 2 N–H and O–H groups in total. The Hall–Kier alpha value is -2.40. The molecule has 0 aliphatic heterocycles. The van der Waals surface area contributed by atoms with Gasteiger partial charge in [0.1, 0.15) is 5.69 Å². The highest BCUT2D eigenvalue weighted by Gasteiger charge is 2.27. The van der Waals surface area contributed by atoms with Crippen LogP contribution >= 0.6 is 0 Å². The molecule has 0 heterocycles. The molecule has 1 saturated carbocycles. The molecule has 5 heteroatoms. The topological polar surface area (TPSA) is 67.2 Å². The first-order chi connectivity index (χ1) is 13.1. The van der Waals surface area contributed by atoms with Crippen LogP contribution < -0.4 is 10.6 Å². The maximum Gasteiger partial charge on any atom is 0.292 e. The quantitative estimate of drug-likeness (QED) is 0.609. The monoisotopic (exact) mass is 365 g/mol. The van der Waals surface area contributed by atoms with Crippen molar-refractivity contribution in [2.45, 2.75) is 63.6 Å². The van der Waals surface area contributed by atoms with Crippen molar-refractivity contribution < 1.29 is 4.92 Å². The fourth-order valence-corrected chi connectivity index (χ4v) is 4.55. The van der Waals surface area contributed by atoms with Gasteiger partial charge in [-0.1, -0.05) is 30.3 Å². The zero-order valence-electron chi connectivity index (χ0n) is 15.8. The molecule has 2 aliphatic carbocycles. The fourth-order valence-electron chi connectivity index (χ4n) is 4.55. The van der Waals surface area contributed by atoms with E-state index in [2.05, 4.69) is 34.9 Å². The number of hydrogen-bond acceptors (Lipinski definition) is 4. The molecule has 27 heavy (non-hydrogen) atoms. The largest absolute Gasteiger partial charge is 0.377 e. The van der Waals surface area contributed by atoms with E-state index < -0.39 is 0 Å². The van der Waals surface area contributed by atoms with E-state index >= 15 is 0 Å². The Morgan fingerprint density at radius 1 is 0.926 bits per heavy atom. The summed E-state index contributed by atoms with van der Waals surface area (Å²) in [6, 6.07) is 15.6. The van der Waals surface area contributed by atoms with Gasteiger partial charge < -0.3 is 10.6 Å². The van der Waals surface area contributed by atoms with E-state index in [1.54, 1.807) is 6.07 Å². The Bertz CT molecular complexity index is 803. The summed E-state index contributed by atoms with van der Waals surface area (Å²) < 4.78 is 0. The predicted molar refractivity (Wildman–Crippen MR) is 108 cm³/mol. The Labute approximate surface area is 160 Å². The molecular formula is C22H27N3O2. The van der Waals surface area contributed by atoms with E-state index in [1.165, 1.54) is 11.1 Å². The summed E-state index contributed by atoms with van der Waals surface area (Å²) in [7, 11) is 0. The number of aryl methyl sites for hydroxylation is 1. The highest BCUT2D eigenvalue weighted by Crippen LogP contribution is 2.30. The molecule has 1 fully saturated rings. The molecule has 142 valence electrons. The highest BCUT2D eigenvalue weighted by atomic mass is 16.6. The van der Waals surface area contributed by atoms with Gasteiger partial charge in [0.15, 0.2) is 0 Å². The van der Waals surface area contributed by atoms with Crippen LogP contribution in [0.25, 0.3) is 0 Å². The third-order valence-electron chi connectivity index (χ3n) is 5.96. The Kier molecular flexibility index (Phi) is 5.12. The summed E-state index contributed by atoms with van der Waals surface area (Å²) in [4.78, 5) is 11.0. The van der Waals surface area contributed by atoms with Gasteiger partial charge >= 0.3 is 0 Å². The molecule has 5 nitrogen and oxygen atoms in total. The zero-order chi connectivity index (χ0) is 18.8. The minimum absolute atomic E-state index is 0.180. The number of rotatable bonds is 5. The minimum atomic E-state index is -0.291. The molecule has 0 spiro atoms. The third-order valence-corrected chi connectivity index (χ3v) is 5.96. The van der Waals surface area contributed by atoms with Crippen LogP contribution in [-0.2, 0) is 12.8 Å². The SMILES string of the molecule is Cc1ccc(NC2CCC(NC3Cc4ccccc4C3)CC2)c([N+](=O)[O-])c1. The average molecular weight is 365 g/mol. The fraction of sp³-hybridized carbons (Fsp3) is 0.455. The number of hydrogen-bond donors (Lipinski definition) is 2. The van der Waals surface area contributed by atoms with Crippen molar-refractivity contribution in [2.24, 2.45) is 0 Å². The molecule has 2 aromatic rings. The highest BCUT2D eigenvalue weighted by molar-refractivity contribution is 5.63. The standard InChI is InChI=1S/C22H27N3O2/c1-15-6-11-21(22(12-15)25(26)27)24-19-9-7-18(8-10-19)23-20-13-16-4-2-3-5-17(16)14-20/h2-6,11-12,18-20,23-24H,7-10,13-14H2,1H3. The van der Waals surface area contributed by atoms with Crippen molar-refractivity contribution in [1.29, 1.82) is 0 Å². The lowest BCUT2D eigenvalue weighted by atomic mass is 9.90. The summed E-state index contributed by atoms with van der Waals surface area (Å²) in [5, 5.41) is 18.6. The first-order valence-corrected chi connectivity index (χ1v) is 9.93. The molecule has 0 aromatic heterocycles. The minimum Gasteiger partial charge on any atom is -0.377 e. The van der Waals surface area contributed by atoms with E-state index in [-0.39, 0.29) is 10.6 Å². The molecule has 4 rings (SSSR count). The number of nitro benzene ring substituents is 1. The van der Waals surface area contributed by atoms with Crippen LogP contribution in [0.1, 0.15) is 42.4 Å². The second kappa shape index (κ2) is 7.69. The van der Waals surface area contributed by atoms with E-state index in [1.807, 2.05) is 19.1 Å². The van der Waals surface area contributed by atoms with Gasteiger partial charge in [-0.3, -0.25) is 10.1 Å². The van der Waals surface area contributed by atoms with Gasteiger partial charge in [-0.05, 0) is 68.2 Å². The molecule has 0 unspecified atom stereocenters. The summed E-state index contributed by atoms with van der Waals surface area (Å²) >= 11 is 0. The van der Waals surface area contributed by atoms with E-state index in [0.29, 0.717) is 23.8 Å². The maximum absolute atomic E-state index is 11.3. The summed E-state index contributed by atoms with van der Waals surface area (Å²) in [6.07, 6.45) is 6.58. The third kappa shape index (κ3) is 4.14. The van der Waals surface area contributed by atoms with Crippen LogP contribution in [0, 0.1) is 17.0 Å². The Balaban J connectivity index is 1.29. The predicted octanol–water partition coefficient (Wildman–Crippen LogP) is 4.38. The van der Waals surface area contributed by atoms with Gasteiger partial charge in [0.25, 0.3) is 5.69 Å². The Morgan fingerprint density at radius 3 is 2.19 bits per heavy atom. The summed E-state index contributed by atoms with van der Waals surface area (Å²) in [5.74, 6) is 0. The lowest BCUT2D eigenvalue weighted by Gasteiger charge is -2.32. The van der Waals surface area contributed by atoms with E-state index in [0.717, 1.165) is 44.1 Å². The lowest BCUT2D eigenvalue weighted by molar-refractivity contribution is -0.384. The maximum atomic E-state index is 11.3. The van der Waals surface area contributed by atoms with Crippen molar-refractivity contribution in [1.82, 2.24) is 5.32 Å². The van der Waals surface area contributed by atoms with E-state index in [9.17, 15) is 10.1 Å². The number of anilines is 1. The number of nitrogens with zero attached hydrogens (tertiary/aromatic N) is 1. The number of nitrogens with one attached hydrogen (secondary N) is 2. The number of nitro groups is 1. The van der Waals surface area contributed by atoms with Crippen LogP contribution in [0.5, 0.6) is 0 Å². The van der Waals surface area contributed by atoms with Crippen LogP contribution in [0.3, 0.4) is 0 Å². The van der Waals surface area contributed by atoms with Gasteiger partial charge in [0, 0.05) is 24.2 Å². The molecular weight excluding hydrogens is 338 g/mol. The van der Waals surface area contributed by atoms with Crippen molar-refractivity contribution in [2.75, 3.05) is 5.32 Å². The lowest BCUT2D eigenvalue weighted by Crippen LogP contribution is -2.42. The van der Waals surface area contributed by atoms with Crippen LogP contribution in [0.2, 0.25) is 0 Å². The molecule has 2 aromatic carbocycles.